The summed E-state index contributed by atoms with van der Waals surface area (Å²) in [7, 11) is 0. The van der Waals surface area contributed by atoms with Crippen LogP contribution in [-0.4, -0.2) is 19.5 Å². The molecule has 0 saturated heterocycles. The molecule has 77 heavy (non-hydrogen) atoms. The van der Waals surface area contributed by atoms with Crippen LogP contribution in [0, 0.1) is 0 Å². The minimum Gasteiger partial charge on any atom is -0.456 e. The summed E-state index contributed by atoms with van der Waals surface area (Å²) in [6, 6.07) is 82.1. The number of hydrogen-bond donors (Lipinski definition) is 0. The molecule has 6 heterocycles. The van der Waals surface area contributed by atoms with Crippen molar-refractivity contribution < 1.29 is 8.83 Å². The van der Waals surface area contributed by atoms with Gasteiger partial charge in [0.2, 0.25) is 0 Å². The standard InChI is InChI=1S/C69H38N4O2S2/c1-3-15-39(16-4-1)51-33-43(69-71-67(41-27-29-47-45-20-9-13-25-60(45)76-62(47)35-41)70-68(72-69)42-28-30-48-46-21-10-14-26-61(46)77-63(48)36-42)34-52(40-17-5-2-6-18-40)65(51)73-55-23-11-7-22-50(55)64-56(73)32-31-49-54-38-58-53(37-59(54)75-66(49)64)44-19-8-12-24-57(44)74-58/h1-38H. The van der Waals surface area contributed by atoms with Crippen LogP contribution in [0.5, 0.6) is 0 Å². The number of aromatic nitrogens is 4. The van der Waals surface area contributed by atoms with E-state index in [9.17, 15) is 0 Å². The van der Waals surface area contributed by atoms with Crippen molar-refractivity contribution >= 4 is 129 Å². The molecule has 0 saturated carbocycles. The zero-order valence-electron chi connectivity index (χ0n) is 40.9. The summed E-state index contributed by atoms with van der Waals surface area (Å²) in [5.41, 5.74) is 13.4. The molecule has 0 amide bonds. The normalized spacial score (nSPS) is 12.2. The summed E-state index contributed by atoms with van der Waals surface area (Å²) >= 11 is 3.59. The SMILES string of the molecule is c1ccc(-c2cc(-c3nc(-c4ccc5c(c4)sc4ccccc45)nc(-c4ccc5c(c4)sc4ccccc45)n3)cc(-c3ccccc3)c2-n2c3ccccc3c3c4oc5cc6c(cc5c4ccc32)oc2ccccc26)cc1. The Bertz CT molecular complexity index is 5100. The Hall–Kier alpha value is -9.73. The molecule has 8 heteroatoms. The van der Waals surface area contributed by atoms with E-state index in [-0.39, 0.29) is 0 Å². The highest BCUT2D eigenvalue weighted by Crippen LogP contribution is 2.48. The largest absolute Gasteiger partial charge is 0.456 e. The Labute approximate surface area is 447 Å². The van der Waals surface area contributed by atoms with Crippen molar-refractivity contribution in [1.29, 1.82) is 0 Å². The Morgan fingerprint density at radius 3 is 1.40 bits per heavy atom. The molecule has 0 aliphatic carbocycles. The van der Waals surface area contributed by atoms with E-state index in [4.69, 9.17) is 23.8 Å². The lowest BCUT2D eigenvalue weighted by Gasteiger charge is -2.21. The van der Waals surface area contributed by atoms with Crippen molar-refractivity contribution in [2.75, 3.05) is 0 Å². The van der Waals surface area contributed by atoms with E-state index in [1.165, 1.54) is 40.3 Å². The fourth-order valence-corrected chi connectivity index (χ4v) is 14.2. The van der Waals surface area contributed by atoms with Gasteiger partial charge in [-0.05, 0) is 83.9 Å². The maximum atomic E-state index is 7.05. The van der Waals surface area contributed by atoms with Crippen molar-refractivity contribution in [3.8, 4) is 62.1 Å². The van der Waals surface area contributed by atoms with Crippen LogP contribution in [0.3, 0.4) is 0 Å². The first-order chi connectivity index (χ1) is 38.1. The average Bonchev–Trinajstić information content (AvgIpc) is 4.33. The first kappa shape index (κ1) is 42.6. The molecule has 17 rings (SSSR count). The number of benzene rings is 11. The number of para-hydroxylation sites is 2. The highest BCUT2D eigenvalue weighted by molar-refractivity contribution is 7.26. The van der Waals surface area contributed by atoms with Crippen molar-refractivity contribution in [3.63, 3.8) is 0 Å². The van der Waals surface area contributed by atoms with Crippen LogP contribution in [0.4, 0.5) is 0 Å². The summed E-state index contributed by atoms with van der Waals surface area (Å²) in [6.07, 6.45) is 0. The van der Waals surface area contributed by atoms with Gasteiger partial charge in [-0.25, -0.2) is 15.0 Å². The molecule has 6 aromatic heterocycles. The summed E-state index contributed by atoms with van der Waals surface area (Å²) in [5.74, 6) is 1.82. The van der Waals surface area contributed by atoms with Crippen LogP contribution < -0.4 is 0 Å². The van der Waals surface area contributed by atoms with Gasteiger partial charge in [-0.3, -0.25) is 0 Å². The summed E-state index contributed by atoms with van der Waals surface area (Å²) in [6.45, 7) is 0. The second-order valence-corrected chi connectivity index (χ2v) is 22.0. The monoisotopic (exact) mass is 1020 g/mol. The van der Waals surface area contributed by atoms with Gasteiger partial charge in [-0.2, -0.15) is 0 Å². The first-order valence-corrected chi connectivity index (χ1v) is 27.4. The van der Waals surface area contributed by atoms with Crippen LogP contribution in [0.25, 0.3) is 168 Å². The second-order valence-electron chi connectivity index (χ2n) is 19.8. The molecule has 0 aliphatic heterocycles. The van der Waals surface area contributed by atoms with Crippen molar-refractivity contribution in [1.82, 2.24) is 19.5 Å². The summed E-state index contributed by atoms with van der Waals surface area (Å²) < 4.78 is 20.8. The molecule has 0 radical (unpaired) electrons. The second kappa shape index (κ2) is 16.4. The zero-order chi connectivity index (χ0) is 50.3. The fraction of sp³-hybridized carbons (Fsp3) is 0. The predicted molar refractivity (Wildman–Crippen MR) is 322 cm³/mol. The molecule has 0 spiro atoms. The average molecular weight is 1020 g/mol. The number of nitrogens with zero attached hydrogens (tertiary/aromatic N) is 4. The highest BCUT2D eigenvalue weighted by atomic mass is 32.1. The Kier molecular flexibility index (Phi) is 9.07. The number of thiophene rings is 2. The van der Waals surface area contributed by atoms with Crippen LogP contribution in [0.2, 0.25) is 0 Å². The molecule has 17 aromatic rings. The molecule has 358 valence electrons. The minimum absolute atomic E-state index is 0.587. The lowest BCUT2D eigenvalue weighted by Crippen LogP contribution is -2.04. The molecular weight excluding hydrogens is 981 g/mol. The van der Waals surface area contributed by atoms with Gasteiger partial charge in [0, 0.05) is 95.1 Å². The van der Waals surface area contributed by atoms with Gasteiger partial charge in [-0.1, -0.05) is 158 Å². The van der Waals surface area contributed by atoms with Crippen molar-refractivity contribution in [3.05, 3.63) is 231 Å². The van der Waals surface area contributed by atoms with E-state index in [2.05, 4.69) is 223 Å². The maximum Gasteiger partial charge on any atom is 0.164 e. The van der Waals surface area contributed by atoms with Crippen LogP contribution >= 0.6 is 22.7 Å². The lowest BCUT2D eigenvalue weighted by atomic mass is 9.92. The van der Waals surface area contributed by atoms with Crippen molar-refractivity contribution in [2.45, 2.75) is 0 Å². The molecule has 11 aromatic carbocycles. The highest BCUT2D eigenvalue weighted by Gasteiger charge is 2.26. The molecule has 0 unspecified atom stereocenters. The quantitative estimate of drug-likeness (QED) is 0.166. The molecule has 6 nitrogen and oxygen atoms in total. The topological polar surface area (TPSA) is 69.9 Å². The molecule has 0 N–H and O–H groups in total. The van der Waals surface area contributed by atoms with Gasteiger partial charge < -0.3 is 13.4 Å². The van der Waals surface area contributed by atoms with Gasteiger partial charge in [0.1, 0.15) is 22.3 Å². The number of furan rings is 2. The zero-order valence-corrected chi connectivity index (χ0v) is 42.5. The number of rotatable bonds is 6. The Balaban J connectivity index is 0.933. The van der Waals surface area contributed by atoms with E-state index in [0.29, 0.717) is 17.5 Å². The number of fused-ring (bicyclic) bond motifs is 16. The smallest absolute Gasteiger partial charge is 0.164 e. The molecule has 0 atom stereocenters. The Morgan fingerprint density at radius 1 is 0.299 bits per heavy atom. The van der Waals surface area contributed by atoms with Crippen LogP contribution in [-0.2, 0) is 0 Å². The summed E-state index contributed by atoms with van der Waals surface area (Å²) in [5, 5.41) is 11.3. The van der Waals surface area contributed by atoms with Crippen molar-refractivity contribution in [2.24, 2.45) is 0 Å². The van der Waals surface area contributed by atoms with Gasteiger partial charge in [-0.15, -0.1) is 22.7 Å². The van der Waals surface area contributed by atoms with E-state index in [1.54, 1.807) is 22.7 Å². The number of hydrogen-bond acceptors (Lipinski definition) is 7. The van der Waals surface area contributed by atoms with E-state index in [1.807, 2.05) is 12.1 Å². The third kappa shape index (κ3) is 6.50. The van der Waals surface area contributed by atoms with E-state index in [0.717, 1.165) is 110 Å². The van der Waals surface area contributed by atoms with Gasteiger partial charge >= 0.3 is 0 Å². The van der Waals surface area contributed by atoms with Crippen LogP contribution in [0.1, 0.15) is 0 Å². The Morgan fingerprint density at radius 2 is 0.779 bits per heavy atom. The molecule has 0 fully saturated rings. The van der Waals surface area contributed by atoms with E-state index >= 15 is 0 Å². The van der Waals surface area contributed by atoms with Crippen LogP contribution in [0.15, 0.2) is 239 Å². The minimum atomic E-state index is 0.587. The van der Waals surface area contributed by atoms with Gasteiger partial charge in [0.25, 0.3) is 0 Å². The van der Waals surface area contributed by atoms with E-state index < -0.39 is 0 Å². The fourth-order valence-electron chi connectivity index (χ4n) is 11.9. The van der Waals surface area contributed by atoms with Gasteiger partial charge in [0.05, 0.1) is 22.1 Å². The first-order valence-electron chi connectivity index (χ1n) is 25.7. The third-order valence-electron chi connectivity index (χ3n) is 15.4. The lowest BCUT2D eigenvalue weighted by molar-refractivity contribution is 0.665. The third-order valence-corrected chi connectivity index (χ3v) is 17.7. The molecular formula is C69H38N4O2S2. The molecule has 0 bridgehead atoms. The maximum absolute atomic E-state index is 7.05. The summed E-state index contributed by atoms with van der Waals surface area (Å²) in [4.78, 5) is 16.3. The predicted octanol–water partition coefficient (Wildman–Crippen LogP) is 19.8. The molecule has 0 aliphatic rings. The van der Waals surface area contributed by atoms with Gasteiger partial charge in [0.15, 0.2) is 17.5 Å².